The highest BCUT2D eigenvalue weighted by Crippen LogP contribution is 2.41. The summed E-state index contributed by atoms with van der Waals surface area (Å²) in [6, 6.07) is 2.94. The molecule has 0 amide bonds. The molecule has 0 atom stereocenters. The van der Waals surface area contributed by atoms with Gasteiger partial charge in [0.2, 0.25) is 6.79 Å². The van der Waals surface area contributed by atoms with Crippen molar-refractivity contribution in [2.45, 2.75) is 0 Å². The van der Waals surface area contributed by atoms with E-state index in [9.17, 15) is 4.39 Å². The number of ether oxygens (including phenoxy) is 2. The maximum absolute atomic E-state index is 13.2. The van der Waals surface area contributed by atoms with Crippen molar-refractivity contribution in [1.82, 2.24) is 0 Å². The Bertz CT molecular complexity index is 410. The van der Waals surface area contributed by atoms with E-state index in [1.165, 1.54) is 6.07 Å². The third-order valence-corrected chi connectivity index (χ3v) is 2.00. The SMILES string of the molecule is N#Cc1cc2c(c(Cl)c1F)OCO2. The molecule has 0 radical (unpaired) electrons. The van der Waals surface area contributed by atoms with Crippen LogP contribution in [0.2, 0.25) is 5.02 Å². The summed E-state index contributed by atoms with van der Waals surface area (Å²) in [5, 5.41) is 8.33. The molecule has 0 saturated heterocycles. The highest BCUT2D eigenvalue weighted by atomic mass is 35.5. The smallest absolute Gasteiger partial charge is 0.231 e. The zero-order chi connectivity index (χ0) is 9.42. The fraction of sp³-hybridized carbons (Fsp3) is 0.125. The molecule has 1 aromatic rings. The van der Waals surface area contributed by atoms with Gasteiger partial charge in [-0.2, -0.15) is 5.26 Å². The maximum atomic E-state index is 13.2. The first-order valence-electron chi connectivity index (χ1n) is 3.41. The highest BCUT2D eigenvalue weighted by molar-refractivity contribution is 6.32. The van der Waals surface area contributed by atoms with E-state index in [0.717, 1.165) is 0 Å². The summed E-state index contributed by atoms with van der Waals surface area (Å²) in [5.41, 5.74) is -0.144. The van der Waals surface area contributed by atoms with E-state index >= 15 is 0 Å². The number of hydrogen-bond donors (Lipinski definition) is 0. The predicted molar refractivity (Wildman–Crippen MR) is 42.2 cm³/mol. The molecule has 66 valence electrons. The van der Waals surface area contributed by atoms with Crippen LogP contribution in [0, 0.1) is 17.1 Å². The van der Waals surface area contributed by atoms with E-state index in [-0.39, 0.29) is 23.1 Å². The molecule has 1 aromatic carbocycles. The number of benzene rings is 1. The third kappa shape index (κ3) is 1.09. The van der Waals surface area contributed by atoms with Crippen molar-refractivity contribution in [3.8, 4) is 17.6 Å². The Balaban J connectivity index is 2.70. The number of rotatable bonds is 0. The number of halogens is 2. The quantitative estimate of drug-likeness (QED) is 0.643. The lowest BCUT2D eigenvalue weighted by Gasteiger charge is -2.00. The zero-order valence-corrected chi connectivity index (χ0v) is 7.06. The molecule has 3 nitrogen and oxygen atoms in total. The average Bonchev–Trinajstić information content (AvgIpc) is 2.59. The molecule has 0 unspecified atom stereocenters. The van der Waals surface area contributed by atoms with Crippen LogP contribution in [0.5, 0.6) is 11.5 Å². The van der Waals surface area contributed by atoms with Crippen molar-refractivity contribution in [3.05, 3.63) is 22.5 Å². The molecule has 13 heavy (non-hydrogen) atoms. The Labute approximate surface area is 78.2 Å². The summed E-state index contributed by atoms with van der Waals surface area (Å²) >= 11 is 5.59. The lowest BCUT2D eigenvalue weighted by molar-refractivity contribution is 0.174. The van der Waals surface area contributed by atoms with Crippen molar-refractivity contribution >= 4 is 11.6 Å². The largest absolute Gasteiger partial charge is 0.453 e. The summed E-state index contributed by atoms with van der Waals surface area (Å²) in [7, 11) is 0. The molecule has 5 heteroatoms. The van der Waals surface area contributed by atoms with Crippen LogP contribution in [0.25, 0.3) is 0 Å². The van der Waals surface area contributed by atoms with Crippen LogP contribution < -0.4 is 9.47 Å². The van der Waals surface area contributed by atoms with E-state index in [4.69, 9.17) is 26.3 Å². The second-order valence-electron chi connectivity index (χ2n) is 2.40. The summed E-state index contributed by atoms with van der Waals surface area (Å²) in [4.78, 5) is 0. The van der Waals surface area contributed by atoms with E-state index in [2.05, 4.69) is 0 Å². The van der Waals surface area contributed by atoms with Gasteiger partial charge in [0.25, 0.3) is 0 Å². The summed E-state index contributed by atoms with van der Waals surface area (Å²) < 4.78 is 23.0. The predicted octanol–water partition coefficient (Wildman–Crippen LogP) is 2.08. The van der Waals surface area contributed by atoms with Gasteiger partial charge in [-0.1, -0.05) is 11.6 Å². The van der Waals surface area contributed by atoms with Crippen LogP contribution in [0.4, 0.5) is 4.39 Å². The van der Waals surface area contributed by atoms with Crippen LogP contribution in [0.3, 0.4) is 0 Å². The molecule has 0 fully saturated rings. The van der Waals surface area contributed by atoms with Crippen molar-refractivity contribution in [2.24, 2.45) is 0 Å². The number of fused-ring (bicyclic) bond motifs is 1. The minimum absolute atomic E-state index is 0.00335. The first-order valence-corrected chi connectivity index (χ1v) is 3.79. The fourth-order valence-corrected chi connectivity index (χ4v) is 1.31. The van der Waals surface area contributed by atoms with Gasteiger partial charge < -0.3 is 9.47 Å². The Hall–Kier alpha value is -1.47. The maximum Gasteiger partial charge on any atom is 0.231 e. The second kappa shape index (κ2) is 2.79. The summed E-state index contributed by atoms with van der Waals surface area (Å²) in [6.07, 6.45) is 0. The Morgan fingerprint density at radius 3 is 3.00 bits per heavy atom. The van der Waals surface area contributed by atoms with E-state index in [1.807, 2.05) is 0 Å². The minimum atomic E-state index is -0.770. The number of hydrogen-bond acceptors (Lipinski definition) is 3. The molecule has 1 heterocycles. The van der Waals surface area contributed by atoms with E-state index in [1.54, 1.807) is 6.07 Å². The van der Waals surface area contributed by atoms with Gasteiger partial charge >= 0.3 is 0 Å². The molecule has 0 aromatic heterocycles. The van der Waals surface area contributed by atoms with Gasteiger partial charge in [0.1, 0.15) is 11.1 Å². The van der Waals surface area contributed by atoms with E-state index < -0.39 is 5.82 Å². The van der Waals surface area contributed by atoms with Gasteiger partial charge in [0.05, 0.1) is 5.56 Å². The van der Waals surface area contributed by atoms with Gasteiger partial charge in [-0.25, -0.2) is 4.39 Å². The minimum Gasteiger partial charge on any atom is -0.453 e. The molecule has 0 aliphatic carbocycles. The molecule has 0 bridgehead atoms. The normalized spacial score (nSPS) is 12.7. The molecular formula is C8H3ClFNO2. The average molecular weight is 200 g/mol. The molecule has 0 saturated carbocycles. The topological polar surface area (TPSA) is 42.2 Å². The van der Waals surface area contributed by atoms with Crippen molar-refractivity contribution < 1.29 is 13.9 Å². The van der Waals surface area contributed by atoms with E-state index in [0.29, 0.717) is 5.75 Å². The van der Waals surface area contributed by atoms with Crippen LogP contribution in [-0.4, -0.2) is 6.79 Å². The second-order valence-corrected chi connectivity index (χ2v) is 2.78. The van der Waals surface area contributed by atoms with Crippen LogP contribution >= 0.6 is 11.6 Å². The third-order valence-electron chi connectivity index (χ3n) is 1.67. The van der Waals surface area contributed by atoms with Gasteiger partial charge in [0.15, 0.2) is 17.3 Å². The first kappa shape index (κ1) is 8.14. The molecule has 2 rings (SSSR count). The van der Waals surface area contributed by atoms with Crippen LogP contribution in [-0.2, 0) is 0 Å². The van der Waals surface area contributed by atoms with Crippen molar-refractivity contribution in [1.29, 1.82) is 5.26 Å². The highest BCUT2D eigenvalue weighted by Gasteiger charge is 2.23. The molecule has 0 spiro atoms. The summed E-state index contributed by atoms with van der Waals surface area (Å²) in [5.74, 6) is -0.297. The molecule has 1 aliphatic rings. The summed E-state index contributed by atoms with van der Waals surface area (Å²) in [6.45, 7) is 0.00335. The Kier molecular flexibility index (Phi) is 1.74. The molecular weight excluding hydrogens is 197 g/mol. The molecule has 0 N–H and O–H groups in total. The zero-order valence-electron chi connectivity index (χ0n) is 6.30. The van der Waals surface area contributed by atoms with Gasteiger partial charge in [-0.05, 0) is 0 Å². The number of nitriles is 1. The monoisotopic (exact) mass is 199 g/mol. The van der Waals surface area contributed by atoms with Crippen LogP contribution in [0.1, 0.15) is 5.56 Å². The Morgan fingerprint density at radius 2 is 2.31 bits per heavy atom. The van der Waals surface area contributed by atoms with Gasteiger partial charge in [-0.15, -0.1) is 0 Å². The van der Waals surface area contributed by atoms with Gasteiger partial charge in [-0.3, -0.25) is 0 Å². The lowest BCUT2D eigenvalue weighted by Crippen LogP contribution is -1.93. The van der Waals surface area contributed by atoms with Crippen LogP contribution in [0.15, 0.2) is 6.07 Å². The fourth-order valence-electron chi connectivity index (χ4n) is 1.06. The first-order chi connectivity index (χ1) is 6.24. The Morgan fingerprint density at radius 1 is 1.54 bits per heavy atom. The molecule has 1 aliphatic heterocycles. The standard InChI is InChI=1S/C8H3ClFNO2/c9-6-7(10)4(2-11)1-5-8(6)13-3-12-5/h1H,3H2. The number of nitrogens with zero attached hydrogens (tertiary/aromatic N) is 1. The van der Waals surface area contributed by atoms with Crippen molar-refractivity contribution in [3.63, 3.8) is 0 Å². The lowest BCUT2D eigenvalue weighted by atomic mass is 10.2. The van der Waals surface area contributed by atoms with Gasteiger partial charge in [0, 0.05) is 6.07 Å². The van der Waals surface area contributed by atoms with Crippen molar-refractivity contribution in [2.75, 3.05) is 6.79 Å².